The van der Waals surface area contributed by atoms with Gasteiger partial charge in [0.2, 0.25) is 0 Å². The Balaban J connectivity index is 1.84. The Morgan fingerprint density at radius 1 is 1.03 bits per heavy atom. The van der Waals surface area contributed by atoms with Crippen LogP contribution in [0, 0.1) is 0 Å². The van der Waals surface area contributed by atoms with Crippen molar-refractivity contribution in [3.8, 4) is 0 Å². The van der Waals surface area contributed by atoms with Gasteiger partial charge in [-0.2, -0.15) is 0 Å². The molecule has 10 heteroatoms. The van der Waals surface area contributed by atoms with Crippen LogP contribution in [0.5, 0.6) is 0 Å². The van der Waals surface area contributed by atoms with Gasteiger partial charge in [-0.1, -0.05) is 20.8 Å². The molecule has 1 saturated carbocycles. The zero-order valence-electron chi connectivity index (χ0n) is 23.2. The van der Waals surface area contributed by atoms with Crippen LogP contribution in [0.4, 0.5) is 0 Å². The van der Waals surface area contributed by atoms with Crippen LogP contribution in [0.1, 0.15) is 87.9 Å². The Labute approximate surface area is 210 Å². The highest BCUT2D eigenvalue weighted by Gasteiger charge is 2.55. The van der Waals surface area contributed by atoms with Crippen LogP contribution in [-0.4, -0.2) is 51.6 Å². The summed E-state index contributed by atoms with van der Waals surface area (Å²) in [6, 6.07) is 0.0937. The summed E-state index contributed by atoms with van der Waals surface area (Å²) in [5, 5.41) is 0.0510. The molecule has 2 fully saturated rings. The first kappa shape index (κ1) is 27.9. The second kappa shape index (κ2) is 8.73. The van der Waals surface area contributed by atoms with Crippen LogP contribution in [-0.2, 0) is 30.3 Å². The molecular formula is C24H44BN3O4SSi. The van der Waals surface area contributed by atoms with Crippen LogP contribution in [0.2, 0.25) is 18.1 Å². The molecule has 0 spiro atoms. The summed E-state index contributed by atoms with van der Waals surface area (Å²) >= 11 is 0. The first-order valence-electron chi connectivity index (χ1n) is 12.3. The fraction of sp³-hybridized carbons (Fsp3) is 0.833. The maximum atomic E-state index is 12.7. The molecule has 3 rings (SSSR count). The first-order valence-corrected chi connectivity index (χ1v) is 16.3. The topological polar surface area (TPSA) is 82.6 Å². The van der Waals surface area contributed by atoms with Crippen molar-refractivity contribution in [1.82, 2.24) is 14.7 Å². The highest BCUT2D eigenvalue weighted by atomic mass is 32.2. The molecule has 34 heavy (non-hydrogen) atoms. The summed E-state index contributed by atoms with van der Waals surface area (Å²) in [5.74, 6) is 0.678. The fourth-order valence-corrected chi connectivity index (χ4v) is 6.14. The third-order valence-electron chi connectivity index (χ3n) is 7.84. The number of hydrogen-bond acceptors (Lipinski definition) is 6. The summed E-state index contributed by atoms with van der Waals surface area (Å²) < 4.78 is 34.9. The van der Waals surface area contributed by atoms with Gasteiger partial charge in [0.05, 0.1) is 26.9 Å². The van der Waals surface area contributed by atoms with Crippen LogP contribution in [0.25, 0.3) is 0 Å². The lowest BCUT2D eigenvalue weighted by atomic mass is 9.75. The van der Waals surface area contributed by atoms with Crippen molar-refractivity contribution in [2.45, 2.75) is 128 Å². The van der Waals surface area contributed by atoms with E-state index in [4.69, 9.17) is 23.7 Å². The number of rotatable bonds is 6. The molecule has 7 nitrogen and oxygen atoms in total. The molecule has 0 radical (unpaired) electrons. The number of hydrogen-bond donors (Lipinski definition) is 1. The minimum Gasteiger partial charge on any atom is -0.404 e. The SMILES string of the molecule is CC(C)(C)S(=O)NC1CC(O[Si](C)(C)C(C)(C)C)(c2ncc(B3OC(C)(C)C(C)(C)O3)cn2)C1. The van der Waals surface area contributed by atoms with Crippen molar-refractivity contribution in [3.05, 3.63) is 18.2 Å². The Morgan fingerprint density at radius 3 is 1.91 bits per heavy atom. The predicted octanol–water partition coefficient (Wildman–Crippen LogP) is 4.21. The van der Waals surface area contributed by atoms with E-state index in [1.165, 1.54) is 0 Å². The zero-order valence-corrected chi connectivity index (χ0v) is 25.0. The molecule has 1 atom stereocenters. The molecule has 192 valence electrons. The van der Waals surface area contributed by atoms with Gasteiger partial charge in [-0.25, -0.2) is 18.9 Å². The number of nitrogens with one attached hydrogen (secondary N) is 1. The van der Waals surface area contributed by atoms with Crippen molar-refractivity contribution in [1.29, 1.82) is 0 Å². The molecule has 0 amide bonds. The first-order chi connectivity index (χ1) is 15.2. The molecule has 1 aromatic rings. The second-order valence-electron chi connectivity index (χ2n) is 13.4. The molecule has 0 aromatic carbocycles. The van der Waals surface area contributed by atoms with E-state index < -0.39 is 43.2 Å². The third kappa shape index (κ3) is 5.37. The maximum absolute atomic E-state index is 12.7. The quantitative estimate of drug-likeness (QED) is 0.579. The molecule has 1 N–H and O–H groups in total. The van der Waals surface area contributed by atoms with Gasteiger partial charge in [0.15, 0.2) is 14.1 Å². The standard InChI is InChI=1S/C24H44BN3O4SSi/c1-20(2,3)33(29)28-18-13-24(14-18,32-34(11,12)21(4,5)6)19-26-15-17(16-27-19)25-30-22(7,8)23(9,10)31-25/h15-16,18,28H,13-14H2,1-12H3. The summed E-state index contributed by atoms with van der Waals surface area (Å²) in [5.41, 5.74) is -0.623. The summed E-state index contributed by atoms with van der Waals surface area (Å²) in [6.45, 7) is 25.3. The van der Waals surface area contributed by atoms with Crippen molar-refractivity contribution in [3.63, 3.8) is 0 Å². The lowest BCUT2D eigenvalue weighted by Gasteiger charge is -2.52. The van der Waals surface area contributed by atoms with Gasteiger partial charge in [0.25, 0.3) is 0 Å². The van der Waals surface area contributed by atoms with Crippen molar-refractivity contribution < 1.29 is 17.9 Å². The van der Waals surface area contributed by atoms with Crippen LogP contribution >= 0.6 is 0 Å². The Bertz CT molecular complexity index is 904. The molecule has 2 aliphatic rings. The van der Waals surface area contributed by atoms with E-state index in [1.54, 1.807) is 12.4 Å². The fourth-order valence-electron chi connectivity index (χ4n) is 3.77. The molecule has 1 aliphatic carbocycles. The van der Waals surface area contributed by atoms with E-state index in [1.807, 2.05) is 48.5 Å². The van der Waals surface area contributed by atoms with Crippen LogP contribution in [0.15, 0.2) is 12.4 Å². The zero-order chi connectivity index (χ0) is 26.0. The van der Waals surface area contributed by atoms with Gasteiger partial charge in [-0.15, -0.1) is 0 Å². The van der Waals surface area contributed by atoms with Crippen molar-refractivity contribution >= 4 is 31.9 Å². The minimum absolute atomic E-state index is 0.0510. The molecular weight excluding hydrogens is 465 g/mol. The van der Waals surface area contributed by atoms with Gasteiger partial charge in [0.1, 0.15) is 5.60 Å². The Morgan fingerprint density at radius 2 is 1.50 bits per heavy atom. The van der Waals surface area contributed by atoms with Gasteiger partial charge in [-0.05, 0) is 79.4 Å². The molecule has 1 aromatic heterocycles. The molecule has 2 heterocycles. The second-order valence-corrected chi connectivity index (χ2v) is 20.1. The number of nitrogens with zero attached hydrogens (tertiary/aromatic N) is 2. The average Bonchev–Trinajstić information content (AvgIpc) is 2.85. The van der Waals surface area contributed by atoms with Crippen LogP contribution in [0.3, 0.4) is 0 Å². The molecule has 1 aliphatic heterocycles. The highest BCUT2D eigenvalue weighted by Crippen LogP contribution is 2.50. The van der Waals surface area contributed by atoms with E-state index in [0.717, 1.165) is 5.46 Å². The van der Waals surface area contributed by atoms with E-state index in [-0.39, 0.29) is 15.8 Å². The van der Waals surface area contributed by atoms with E-state index in [0.29, 0.717) is 18.7 Å². The lowest BCUT2D eigenvalue weighted by Crippen LogP contribution is -2.60. The predicted molar refractivity (Wildman–Crippen MR) is 142 cm³/mol. The van der Waals surface area contributed by atoms with E-state index in [9.17, 15) is 4.21 Å². The Hall–Kier alpha value is -0.648. The van der Waals surface area contributed by atoms with Gasteiger partial charge in [0, 0.05) is 23.9 Å². The minimum atomic E-state index is -2.11. The van der Waals surface area contributed by atoms with E-state index in [2.05, 4.69) is 38.6 Å². The number of aromatic nitrogens is 2. The summed E-state index contributed by atoms with van der Waals surface area (Å²) in [4.78, 5) is 9.53. The summed E-state index contributed by atoms with van der Waals surface area (Å²) in [7, 11) is -3.74. The van der Waals surface area contributed by atoms with Crippen molar-refractivity contribution in [2.75, 3.05) is 0 Å². The normalized spacial score (nSPS) is 28.0. The molecule has 1 saturated heterocycles. The van der Waals surface area contributed by atoms with Gasteiger partial charge in [-0.3, -0.25) is 0 Å². The average molecular weight is 510 g/mol. The molecule has 1 unspecified atom stereocenters. The lowest BCUT2D eigenvalue weighted by molar-refractivity contribution is -0.0505. The highest BCUT2D eigenvalue weighted by molar-refractivity contribution is 7.84. The maximum Gasteiger partial charge on any atom is 0.498 e. The smallest absolute Gasteiger partial charge is 0.404 e. The van der Waals surface area contributed by atoms with Gasteiger partial charge >= 0.3 is 7.12 Å². The third-order valence-corrected chi connectivity index (χ3v) is 14.0. The van der Waals surface area contributed by atoms with Crippen LogP contribution < -0.4 is 10.2 Å². The van der Waals surface area contributed by atoms with Crippen molar-refractivity contribution in [2.24, 2.45) is 0 Å². The van der Waals surface area contributed by atoms with Gasteiger partial charge < -0.3 is 13.7 Å². The monoisotopic (exact) mass is 509 g/mol. The largest absolute Gasteiger partial charge is 0.498 e. The van der Waals surface area contributed by atoms with E-state index >= 15 is 0 Å². The molecule has 0 bridgehead atoms. The summed E-state index contributed by atoms with van der Waals surface area (Å²) in [6.07, 6.45) is 4.99. The Kier molecular flexibility index (Phi) is 7.17.